The summed E-state index contributed by atoms with van der Waals surface area (Å²) in [7, 11) is 1.30. The van der Waals surface area contributed by atoms with Crippen LogP contribution in [-0.4, -0.2) is 73.9 Å². The van der Waals surface area contributed by atoms with Gasteiger partial charge in [-0.1, -0.05) is 120 Å². The van der Waals surface area contributed by atoms with E-state index in [1.54, 1.807) is 0 Å². The van der Waals surface area contributed by atoms with Crippen molar-refractivity contribution in [3.8, 4) is 22.4 Å². The summed E-state index contributed by atoms with van der Waals surface area (Å²) in [5.74, 6) is 2.75. The molecule has 3 fully saturated rings. The number of rotatable bonds is 11. The Morgan fingerprint density at radius 2 is 1.40 bits per heavy atom. The summed E-state index contributed by atoms with van der Waals surface area (Å²) in [5, 5.41) is 4.96. The first-order valence-corrected chi connectivity index (χ1v) is 23.1. The molecular weight excluding hydrogens is 787 g/mol. The number of likely N-dealkylation sites (tertiary alicyclic amines) is 2. The fourth-order valence-corrected chi connectivity index (χ4v) is 10.6. The number of methoxy groups -OCH3 is 1. The molecule has 328 valence electrons. The van der Waals surface area contributed by atoms with Crippen molar-refractivity contribution < 1.29 is 19.1 Å². The van der Waals surface area contributed by atoms with Crippen LogP contribution in [0.5, 0.6) is 0 Å². The van der Waals surface area contributed by atoms with Crippen molar-refractivity contribution in [3.63, 3.8) is 0 Å². The number of aromatic amines is 2. The highest BCUT2D eigenvalue weighted by Gasteiger charge is 2.41. The van der Waals surface area contributed by atoms with Crippen molar-refractivity contribution >= 4 is 39.7 Å². The Morgan fingerprint density at radius 1 is 0.762 bits per heavy atom. The van der Waals surface area contributed by atoms with Crippen LogP contribution in [0.4, 0.5) is 4.79 Å². The van der Waals surface area contributed by atoms with Gasteiger partial charge >= 0.3 is 6.09 Å². The largest absolute Gasteiger partial charge is 0.453 e. The number of alkyl carbamates (subject to hydrolysis) is 1. The van der Waals surface area contributed by atoms with E-state index in [0.29, 0.717) is 18.4 Å². The fourth-order valence-electron chi connectivity index (χ4n) is 10.6. The number of imidazole rings is 2. The maximum Gasteiger partial charge on any atom is 0.407 e. The summed E-state index contributed by atoms with van der Waals surface area (Å²) >= 11 is 0. The molecule has 9 rings (SSSR count). The normalized spacial score (nSPS) is 21.6. The van der Waals surface area contributed by atoms with Crippen LogP contribution in [0.25, 0.3) is 44.2 Å². The number of aromatic nitrogens is 4. The number of ether oxygens (including phenoxy) is 1. The van der Waals surface area contributed by atoms with E-state index >= 15 is 0 Å². The highest BCUT2D eigenvalue weighted by Crippen LogP contribution is 2.41. The van der Waals surface area contributed by atoms with Gasteiger partial charge in [0.15, 0.2) is 0 Å². The van der Waals surface area contributed by atoms with Crippen LogP contribution in [0.3, 0.4) is 0 Å². The van der Waals surface area contributed by atoms with Crippen LogP contribution in [0.15, 0.2) is 91.1 Å². The van der Waals surface area contributed by atoms with Gasteiger partial charge in [-0.3, -0.25) is 9.59 Å². The summed E-state index contributed by atoms with van der Waals surface area (Å²) < 4.78 is 4.81. The Hall–Kier alpha value is -5.97. The molecule has 6 aromatic rings. The molecular formula is C52H61N7O4. The predicted molar refractivity (Wildman–Crippen MR) is 248 cm³/mol. The second-order valence-corrected chi connectivity index (χ2v) is 19.1. The number of amides is 3. The molecule has 63 heavy (non-hydrogen) atoms. The van der Waals surface area contributed by atoms with Gasteiger partial charge in [-0.15, -0.1) is 0 Å². The third kappa shape index (κ3) is 8.84. The molecule has 6 atom stereocenters. The third-order valence-corrected chi connectivity index (χ3v) is 14.0. The second-order valence-electron chi connectivity index (χ2n) is 19.1. The van der Waals surface area contributed by atoms with Crippen molar-refractivity contribution in [2.24, 2.45) is 23.7 Å². The van der Waals surface area contributed by atoms with Gasteiger partial charge in [-0.05, 0) is 94.7 Å². The van der Waals surface area contributed by atoms with Gasteiger partial charge in [-0.2, -0.15) is 0 Å². The van der Waals surface area contributed by atoms with Gasteiger partial charge < -0.3 is 29.8 Å². The Labute approximate surface area is 370 Å². The van der Waals surface area contributed by atoms with Crippen LogP contribution in [0.1, 0.15) is 114 Å². The molecule has 11 heteroatoms. The molecule has 0 radical (unpaired) electrons. The second kappa shape index (κ2) is 18.0. The quantitative estimate of drug-likeness (QED) is 0.119. The van der Waals surface area contributed by atoms with Gasteiger partial charge in [-0.25, -0.2) is 14.8 Å². The number of benzene rings is 4. The number of fused-ring (bicyclic) bond motifs is 2. The maximum absolute atomic E-state index is 14.6. The van der Waals surface area contributed by atoms with E-state index in [9.17, 15) is 14.4 Å². The van der Waals surface area contributed by atoms with Crippen LogP contribution >= 0.6 is 0 Å². The van der Waals surface area contributed by atoms with Crippen LogP contribution in [0.2, 0.25) is 0 Å². The van der Waals surface area contributed by atoms with E-state index in [1.807, 2.05) is 31.0 Å². The minimum Gasteiger partial charge on any atom is -0.453 e. The monoisotopic (exact) mass is 847 g/mol. The smallest absolute Gasteiger partial charge is 0.407 e. The number of carbonyl (C=O) groups is 3. The maximum atomic E-state index is 14.6. The molecule has 1 saturated carbocycles. The van der Waals surface area contributed by atoms with Crippen molar-refractivity contribution in [1.29, 1.82) is 0 Å². The Balaban J connectivity index is 0.922. The van der Waals surface area contributed by atoms with E-state index in [-0.39, 0.29) is 41.7 Å². The lowest BCUT2D eigenvalue weighted by Gasteiger charge is -2.31. The molecule has 3 amide bonds. The molecule has 2 aliphatic heterocycles. The summed E-state index contributed by atoms with van der Waals surface area (Å²) in [6.45, 7) is 9.56. The number of nitrogens with zero attached hydrogens (tertiary/aromatic N) is 4. The first-order valence-electron chi connectivity index (χ1n) is 23.1. The van der Waals surface area contributed by atoms with Crippen molar-refractivity contribution in [2.75, 3.05) is 20.2 Å². The SMILES string of the molecule is COC(=O)NC(C(=O)N1CC(C)CC1c1ncc(-c2ccc3cc(-c4ccc5nc(C6CC(C)CN6C(=O)C(CC6CCCCC6)c6ccccc6)[nH]c5c4)ccc3c2)[nH]1)C(C)C. The van der Waals surface area contributed by atoms with Crippen molar-refractivity contribution in [1.82, 2.24) is 35.1 Å². The standard InChI is InChI=1S/C52H61N7O4/c1-31(2)47(57-52(62)63-5)51(61)59-30-32(3)22-45(59)48-53-28-44(56-48)40-19-18-36-25-37(16-17-38(36)26-40)39-20-21-42-43(27-39)55-49(54-42)46-23-33(4)29-58(46)50(60)41(35-14-10-7-11-15-35)24-34-12-8-6-9-13-34/h7,10-11,14-21,25-28,31-34,41,45-47H,6,8-9,12-13,22-24,29-30H2,1-5H3,(H,53,56)(H,54,55)(H,57,62). The molecule has 4 aromatic carbocycles. The number of nitrogens with one attached hydrogen (secondary N) is 3. The minimum absolute atomic E-state index is 0.0857. The zero-order chi connectivity index (χ0) is 43.8. The number of carbonyl (C=O) groups excluding carboxylic acids is 3. The van der Waals surface area contributed by atoms with Gasteiger partial charge in [0.25, 0.3) is 0 Å². The molecule has 2 saturated heterocycles. The highest BCUT2D eigenvalue weighted by molar-refractivity contribution is 5.92. The fraction of sp³-hybridized carbons (Fsp3) is 0.442. The summed E-state index contributed by atoms with van der Waals surface area (Å²) in [6.07, 6.45) is 10.1. The molecule has 1 aliphatic carbocycles. The Kier molecular flexibility index (Phi) is 12.1. The van der Waals surface area contributed by atoms with Gasteiger partial charge in [0, 0.05) is 18.7 Å². The molecule has 4 heterocycles. The minimum atomic E-state index is -0.693. The lowest BCUT2D eigenvalue weighted by molar-refractivity contribution is -0.136. The van der Waals surface area contributed by atoms with Crippen molar-refractivity contribution in [3.05, 3.63) is 108 Å². The van der Waals surface area contributed by atoms with E-state index in [0.717, 1.165) is 87.2 Å². The average Bonchev–Trinajstić information content (AvgIpc) is 4.12. The molecule has 0 bridgehead atoms. The Bertz CT molecular complexity index is 2590. The molecule has 3 aliphatic rings. The van der Waals surface area contributed by atoms with Gasteiger partial charge in [0.05, 0.1) is 48.0 Å². The van der Waals surface area contributed by atoms with E-state index in [1.165, 1.54) is 39.2 Å². The molecule has 11 nitrogen and oxygen atoms in total. The zero-order valence-corrected chi connectivity index (χ0v) is 37.3. The van der Waals surface area contributed by atoms with Gasteiger partial charge in [0.1, 0.15) is 17.7 Å². The molecule has 0 spiro atoms. The first kappa shape index (κ1) is 42.3. The number of hydrogen-bond acceptors (Lipinski definition) is 6. The third-order valence-electron chi connectivity index (χ3n) is 14.0. The van der Waals surface area contributed by atoms with Gasteiger partial charge in [0.2, 0.25) is 11.8 Å². The predicted octanol–water partition coefficient (Wildman–Crippen LogP) is 10.7. The number of hydrogen-bond donors (Lipinski definition) is 3. The van der Waals surface area contributed by atoms with Crippen LogP contribution < -0.4 is 5.32 Å². The summed E-state index contributed by atoms with van der Waals surface area (Å²) in [5.41, 5.74) is 7.10. The summed E-state index contributed by atoms with van der Waals surface area (Å²) in [4.78, 5) is 61.6. The Morgan fingerprint density at radius 3 is 2.10 bits per heavy atom. The lowest BCUT2D eigenvalue weighted by atomic mass is 9.80. The van der Waals surface area contributed by atoms with E-state index in [4.69, 9.17) is 14.7 Å². The van der Waals surface area contributed by atoms with E-state index < -0.39 is 12.1 Å². The lowest BCUT2D eigenvalue weighted by Crippen LogP contribution is -2.51. The average molecular weight is 848 g/mol. The highest BCUT2D eigenvalue weighted by atomic mass is 16.5. The van der Waals surface area contributed by atoms with Crippen LogP contribution in [-0.2, 0) is 14.3 Å². The molecule has 2 aromatic heterocycles. The van der Waals surface area contributed by atoms with Crippen molar-refractivity contribution in [2.45, 2.75) is 103 Å². The van der Waals surface area contributed by atoms with E-state index in [2.05, 4.69) is 113 Å². The molecule has 3 N–H and O–H groups in total. The first-order chi connectivity index (χ1) is 30.5. The molecule has 6 unspecified atom stereocenters. The number of H-pyrrole nitrogens is 2. The van der Waals surface area contributed by atoms with Crippen LogP contribution in [0, 0.1) is 23.7 Å². The summed E-state index contributed by atoms with van der Waals surface area (Å²) in [6, 6.07) is 28.8. The zero-order valence-electron chi connectivity index (χ0n) is 37.3. The topological polar surface area (TPSA) is 136 Å².